The standard InChI is InChI=1S/C26H24ClN3O6S/c1-4-7-19-22(25(32)36-5-2)23(18-14-16(27)10-11-20(18)35-3)29-24(31)21(37-26(29)28-19)13-15-8-6-9-17(12-15)30(33)34/h6,8-14,23H,4-5,7H2,1-3H3/b21-13+/t23-/m1/s1. The van der Waals surface area contributed by atoms with E-state index in [2.05, 4.69) is 0 Å². The van der Waals surface area contributed by atoms with Gasteiger partial charge in [-0.2, -0.15) is 0 Å². The van der Waals surface area contributed by atoms with Crippen molar-refractivity contribution in [3.63, 3.8) is 0 Å². The maximum Gasteiger partial charge on any atom is 0.338 e. The Morgan fingerprint density at radius 2 is 2.05 bits per heavy atom. The average Bonchev–Trinajstić information content (AvgIpc) is 3.18. The van der Waals surface area contributed by atoms with E-state index >= 15 is 0 Å². The lowest BCUT2D eigenvalue weighted by Gasteiger charge is -2.27. The summed E-state index contributed by atoms with van der Waals surface area (Å²) in [5.74, 6) is -0.128. The Balaban J connectivity index is 2.04. The van der Waals surface area contributed by atoms with Crippen molar-refractivity contribution in [2.45, 2.75) is 32.7 Å². The molecule has 9 nitrogen and oxygen atoms in total. The summed E-state index contributed by atoms with van der Waals surface area (Å²) in [5, 5.41) is 11.6. The maximum atomic E-state index is 13.8. The van der Waals surface area contributed by atoms with Gasteiger partial charge in [0.25, 0.3) is 11.2 Å². The topological polar surface area (TPSA) is 113 Å². The SMILES string of the molecule is CCCC1=C(C(=O)OCC)[C@@H](c2cc(Cl)ccc2OC)n2c(s/c(=C/c3cccc([N+](=O)[O-])c3)c2=O)=N1. The van der Waals surface area contributed by atoms with Gasteiger partial charge < -0.3 is 9.47 Å². The molecule has 3 aromatic rings. The Morgan fingerprint density at radius 3 is 2.73 bits per heavy atom. The molecule has 0 aliphatic carbocycles. The number of hydrogen-bond donors (Lipinski definition) is 0. The highest BCUT2D eigenvalue weighted by Gasteiger charge is 2.36. The number of fused-ring (bicyclic) bond motifs is 1. The van der Waals surface area contributed by atoms with E-state index < -0.39 is 22.5 Å². The highest BCUT2D eigenvalue weighted by atomic mass is 35.5. The minimum Gasteiger partial charge on any atom is -0.496 e. The van der Waals surface area contributed by atoms with Gasteiger partial charge in [0.05, 0.1) is 34.4 Å². The molecule has 1 atom stereocenters. The molecule has 0 unspecified atom stereocenters. The van der Waals surface area contributed by atoms with Crippen LogP contribution in [0.3, 0.4) is 0 Å². The van der Waals surface area contributed by atoms with Crippen LogP contribution in [0, 0.1) is 10.1 Å². The second kappa shape index (κ2) is 11.1. The van der Waals surface area contributed by atoms with Crippen LogP contribution in [0.25, 0.3) is 6.08 Å². The van der Waals surface area contributed by atoms with Gasteiger partial charge in [0, 0.05) is 22.7 Å². The number of rotatable bonds is 8. The first-order valence-electron chi connectivity index (χ1n) is 11.6. The Labute approximate surface area is 221 Å². The highest BCUT2D eigenvalue weighted by Crippen LogP contribution is 2.38. The summed E-state index contributed by atoms with van der Waals surface area (Å²) >= 11 is 7.48. The van der Waals surface area contributed by atoms with Crippen LogP contribution in [0.2, 0.25) is 5.02 Å². The number of esters is 1. The quantitative estimate of drug-likeness (QED) is 0.240. The molecule has 1 aliphatic rings. The predicted molar refractivity (Wildman–Crippen MR) is 141 cm³/mol. The summed E-state index contributed by atoms with van der Waals surface area (Å²) in [5.41, 5.74) is 1.30. The molecule has 1 aliphatic heterocycles. The van der Waals surface area contributed by atoms with Crippen LogP contribution in [-0.2, 0) is 9.53 Å². The second-order valence-corrected chi connectivity index (χ2v) is 9.60. The van der Waals surface area contributed by atoms with E-state index in [0.717, 1.165) is 11.3 Å². The number of nitro groups is 1. The Hall–Kier alpha value is -3.76. The summed E-state index contributed by atoms with van der Waals surface area (Å²) in [7, 11) is 1.50. The van der Waals surface area contributed by atoms with E-state index in [-0.39, 0.29) is 17.9 Å². The number of nitrogens with zero attached hydrogens (tertiary/aromatic N) is 3. The van der Waals surface area contributed by atoms with Gasteiger partial charge in [-0.1, -0.05) is 48.4 Å². The normalized spacial score (nSPS) is 15.2. The van der Waals surface area contributed by atoms with Crippen molar-refractivity contribution in [1.29, 1.82) is 0 Å². The summed E-state index contributed by atoms with van der Waals surface area (Å²) in [4.78, 5) is 42.9. The molecule has 192 valence electrons. The molecule has 2 aromatic carbocycles. The van der Waals surface area contributed by atoms with Crippen LogP contribution in [-0.4, -0.2) is 29.2 Å². The van der Waals surface area contributed by atoms with Crippen molar-refractivity contribution in [3.8, 4) is 5.75 Å². The lowest BCUT2D eigenvalue weighted by molar-refractivity contribution is -0.384. The van der Waals surface area contributed by atoms with E-state index in [9.17, 15) is 19.7 Å². The predicted octanol–water partition coefficient (Wildman–Crippen LogP) is 4.15. The van der Waals surface area contributed by atoms with Crippen LogP contribution in [0.4, 0.5) is 5.69 Å². The number of carbonyl (C=O) groups is 1. The van der Waals surface area contributed by atoms with Crippen molar-refractivity contribution >= 4 is 40.7 Å². The summed E-state index contributed by atoms with van der Waals surface area (Å²) in [6.45, 7) is 3.83. The van der Waals surface area contributed by atoms with Crippen LogP contribution in [0.5, 0.6) is 5.75 Å². The number of thiazole rings is 1. The molecule has 0 N–H and O–H groups in total. The van der Waals surface area contributed by atoms with E-state index in [4.69, 9.17) is 26.1 Å². The number of aromatic nitrogens is 1. The average molecular weight is 542 g/mol. The molecular formula is C26H24ClN3O6S. The third-order valence-electron chi connectivity index (χ3n) is 5.76. The Bertz CT molecular complexity index is 1590. The molecular weight excluding hydrogens is 518 g/mol. The minimum atomic E-state index is -0.891. The van der Waals surface area contributed by atoms with Gasteiger partial charge in [-0.05, 0) is 43.2 Å². The van der Waals surface area contributed by atoms with Gasteiger partial charge in [0.2, 0.25) is 0 Å². The molecule has 0 saturated carbocycles. The molecule has 4 rings (SSSR count). The third-order valence-corrected chi connectivity index (χ3v) is 6.98. The zero-order valence-corrected chi connectivity index (χ0v) is 22.0. The largest absolute Gasteiger partial charge is 0.496 e. The molecule has 0 bridgehead atoms. The maximum absolute atomic E-state index is 13.8. The molecule has 0 amide bonds. The number of carbonyl (C=O) groups excluding carboxylic acids is 1. The molecule has 1 aromatic heterocycles. The summed E-state index contributed by atoms with van der Waals surface area (Å²) in [6, 6.07) is 10.1. The van der Waals surface area contributed by atoms with Gasteiger partial charge >= 0.3 is 5.97 Å². The number of non-ortho nitro benzene ring substituents is 1. The number of allylic oxidation sites excluding steroid dienone is 1. The zero-order valence-electron chi connectivity index (χ0n) is 20.4. The number of halogens is 1. The zero-order chi connectivity index (χ0) is 26.7. The van der Waals surface area contributed by atoms with E-state index in [1.54, 1.807) is 43.3 Å². The van der Waals surface area contributed by atoms with Gasteiger partial charge in [-0.3, -0.25) is 19.5 Å². The lowest BCUT2D eigenvalue weighted by atomic mass is 9.93. The van der Waals surface area contributed by atoms with Crippen molar-refractivity contribution in [3.05, 3.63) is 99.7 Å². The summed E-state index contributed by atoms with van der Waals surface area (Å²) in [6.07, 6.45) is 2.78. The lowest BCUT2D eigenvalue weighted by Crippen LogP contribution is -2.40. The van der Waals surface area contributed by atoms with Crippen molar-refractivity contribution in [2.75, 3.05) is 13.7 Å². The smallest absolute Gasteiger partial charge is 0.338 e. The summed E-state index contributed by atoms with van der Waals surface area (Å²) < 4.78 is 12.7. The fourth-order valence-electron chi connectivity index (χ4n) is 4.21. The van der Waals surface area contributed by atoms with E-state index in [1.165, 1.54) is 23.8 Å². The van der Waals surface area contributed by atoms with Crippen LogP contribution < -0.4 is 19.6 Å². The number of ether oxygens (including phenoxy) is 2. The molecule has 2 heterocycles. The molecule has 0 fully saturated rings. The third kappa shape index (κ3) is 5.21. The molecule has 0 spiro atoms. The van der Waals surface area contributed by atoms with Gasteiger partial charge in [-0.15, -0.1) is 0 Å². The van der Waals surface area contributed by atoms with Gasteiger partial charge in [-0.25, -0.2) is 9.79 Å². The molecule has 11 heteroatoms. The van der Waals surface area contributed by atoms with E-state index in [0.29, 0.717) is 49.8 Å². The molecule has 0 saturated heterocycles. The Morgan fingerprint density at radius 1 is 1.27 bits per heavy atom. The number of benzene rings is 2. The molecule has 0 radical (unpaired) electrons. The van der Waals surface area contributed by atoms with Gasteiger partial charge in [0.1, 0.15) is 11.8 Å². The van der Waals surface area contributed by atoms with Crippen LogP contribution in [0.15, 0.2) is 63.5 Å². The number of nitro benzene ring substituents is 1. The first kappa shape index (κ1) is 26.3. The van der Waals surface area contributed by atoms with Crippen LogP contribution in [0.1, 0.15) is 43.9 Å². The van der Waals surface area contributed by atoms with Crippen molar-refractivity contribution in [2.24, 2.45) is 4.99 Å². The minimum absolute atomic E-state index is 0.0853. The van der Waals surface area contributed by atoms with Crippen molar-refractivity contribution < 1.29 is 19.2 Å². The van der Waals surface area contributed by atoms with Crippen molar-refractivity contribution in [1.82, 2.24) is 4.57 Å². The first-order valence-corrected chi connectivity index (χ1v) is 12.8. The number of hydrogen-bond acceptors (Lipinski definition) is 8. The second-order valence-electron chi connectivity index (χ2n) is 8.15. The van der Waals surface area contributed by atoms with Gasteiger partial charge in [0.15, 0.2) is 4.80 Å². The van der Waals surface area contributed by atoms with E-state index in [1.807, 2.05) is 6.92 Å². The Kier molecular flexibility index (Phi) is 7.89. The first-order chi connectivity index (χ1) is 17.8. The fraction of sp³-hybridized carbons (Fsp3) is 0.269. The highest BCUT2D eigenvalue weighted by molar-refractivity contribution is 7.07. The number of methoxy groups -OCH3 is 1. The van der Waals surface area contributed by atoms with Crippen LogP contribution >= 0.6 is 22.9 Å². The molecule has 37 heavy (non-hydrogen) atoms. The monoisotopic (exact) mass is 541 g/mol. The fourth-order valence-corrected chi connectivity index (χ4v) is 5.41.